The van der Waals surface area contributed by atoms with Crippen LogP contribution in [0, 0.1) is 5.82 Å². The number of phenolic OH excluding ortho intramolecular Hbond substituents is 1. The first-order valence-electron chi connectivity index (χ1n) is 13.1. The topological polar surface area (TPSA) is 107 Å². The second kappa shape index (κ2) is 9.59. The molecule has 6 aromatic rings. The van der Waals surface area contributed by atoms with Crippen LogP contribution in [0.1, 0.15) is 24.8 Å². The summed E-state index contributed by atoms with van der Waals surface area (Å²) in [6.07, 6.45) is 11.1. The zero-order valence-corrected chi connectivity index (χ0v) is 21.2. The number of piperidine rings is 1. The zero-order chi connectivity index (χ0) is 26.3. The van der Waals surface area contributed by atoms with Gasteiger partial charge in [0, 0.05) is 59.3 Å². The lowest BCUT2D eigenvalue weighted by Crippen LogP contribution is -2.29. The predicted octanol–water partition coefficient (Wildman–Crippen LogP) is 6.06. The fourth-order valence-electron chi connectivity index (χ4n) is 5.51. The summed E-state index contributed by atoms with van der Waals surface area (Å²) in [5.41, 5.74) is 7.31. The molecule has 0 amide bonds. The van der Waals surface area contributed by atoms with E-state index in [-0.39, 0.29) is 5.75 Å². The summed E-state index contributed by atoms with van der Waals surface area (Å²) in [6.45, 7) is 3.18. The van der Waals surface area contributed by atoms with Crippen LogP contribution in [0.4, 0.5) is 4.39 Å². The van der Waals surface area contributed by atoms with Crippen molar-refractivity contribution in [2.75, 3.05) is 13.1 Å². The molecule has 0 bridgehead atoms. The number of hydrogen-bond donors (Lipinski definition) is 3. The summed E-state index contributed by atoms with van der Waals surface area (Å²) in [6, 6.07) is 12.1. The molecule has 1 aliphatic rings. The number of phenols is 1. The number of H-pyrrole nitrogens is 2. The summed E-state index contributed by atoms with van der Waals surface area (Å²) in [4.78, 5) is 19.4. The largest absolute Gasteiger partial charge is 0.508 e. The molecule has 0 atom stereocenters. The molecule has 3 N–H and O–H groups in total. The van der Waals surface area contributed by atoms with E-state index in [9.17, 15) is 9.50 Å². The van der Waals surface area contributed by atoms with Gasteiger partial charge in [-0.15, -0.1) is 0 Å². The van der Waals surface area contributed by atoms with Gasteiger partial charge in [0.2, 0.25) is 0 Å². The van der Waals surface area contributed by atoms with Crippen LogP contribution in [0.15, 0.2) is 67.3 Å². The Bertz CT molecular complexity index is 1800. The molecule has 1 fully saturated rings. The molecule has 7 rings (SSSR count). The van der Waals surface area contributed by atoms with Gasteiger partial charge in [-0.3, -0.25) is 15.0 Å². The van der Waals surface area contributed by atoms with E-state index in [1.165, 1.54) is 30.9 Å². The van der Waals surface area contributed by atoms with Crippen LogP contribution in [-0.4, -0.2) is 53.2 Å². The Morgan fingerprint density at radius 2 is 1.74 bits per heavy atom. The number of aromatic hydroxyl groups is 1. The highest BCUT2D eigenvalue weighted by Gasteiger charge is 2.17. The fraction of sp³-hybridized carbons (Fsp3) is 0.200. The number of pyridine rings is 3. The molecule has 0 radical (unpaired) electrons. The molecule has 194 valence electrons. The first-order chi connectivity index (χ1) is 19.1. The Hall–Kier alpha value is -4.63. The smallest absolute Gasteiger partial charge is 0.181 e. The van der Waals surface area contributed by atoms with Crippen molar-refractivity contribution < 1.29 is 9.50 Å². The molecule has 0 spiro atoms. The molecule has 6 heterocycles. The standard InChI is InChI=1S/C30H26FN7O/c31-22-9-19(10-23(39)12-22)24-4-5-33-29-25(24)13-27(35-29)28-26-11-21(16-34-30(26)37-36-28)20-8-18(14-32-15-20)17-38-6-2-1-3-7-38/h4-5,8-16,39H,1-3,6-7,17H2,(H,33,35)(H,34,36,37). The van der Waals surface area contributed by atoms with Crippen molar-refractivity contribution in [2.45, 2.75) is 25.8 Å². The average molecular weight is 520 g/mol. The second-order valence-electron chi connectivity index (χ2n) is 10.1. The Morgan fingerprint density at radius 3 is 2.62 bits per heavy atom. The number of likely N-dealkylation sites (tertiary alicyclic amines) is 1. The Kier molecular flexibility index (Phi) is 5.78. The van der Waals surface area contributed by atoms with E-state index in [0.717, 1.165) is 64.6 Å². The molecule has 0 aliphatic carbocycles. The monoisotopic (exact) mass is 519 g/mol. The van der Waals surface area contributed by atoms with E-state index < -0.39 is 5.82 Å². The molecule has 0 saturated carbocycles. The van der Waals surface area contributed by atoms with Gasteiger partial charge >= 0.3 is 0 Å². The highest BCUT2D eigenvalue weighted by molar-refractivity contribution is 5.99. The third-order valence-corrected chi connectivity index (χ3v) is 7.39. The number of hydrogen-bond acceptors (Lipinski definition) is 6. The summed E-state index contributed by atoms with van der Waals surface area (Å²) in [5.74, 6) is -0.628. The Balaban J connectivity index is 1.26. The molecule has 39 heavy (non-hydrogen) atoms. The zero-order valence-electron chi connectivity index (χ0n) is 21.2. The maximum Gasteiger partial charge on any atom is 0.181 e. The minimum atomic E-state index is -0.502. The van der Waals surface area contributed by atoms with Gasteiger partial charge in [0.15, 0.2) is 5.65 Å². The van der Waals surface area contributed by atoms with Gasteiger partial charge in [-0.1, -0.05) is 6.42 Å². The summed E-state index contributed by atoms with van der Waals surface area (Å²) in [5, 5.41) is 19.1. The van der Waals surface area contributed by atoms with Crippen molar-refractivity contribution in [1.29, 1.82) is 0 Å². The first-order valence-corrected chi connectivity index (χ1v) is 13.1. The lowest BCUT2D eigenvalue weighted by atomic mass is 10.0. The van der Waals surface area contributed by atoms with Gasteiger partial charge in [-0.25, -0.2) is 14.4 Å². The van der Waals surface area contributed by atoms with Gasteiger partial charge in [-0.2, -0.15) is 5.10 Å². The predicted molar refractivity (Wildman–Crippen MR) is 148 cm³/mol. The lowest BCUT2D eigenvalue weighted by Gasteiger charge is -2.26. The van der Waals surface area contributed by atoms with Gasteiger partial charge in [0.1, 0.15) is 17.2 Å². The van der Waals surface area contributed by atoms with Gasteiger partial charge in [0.05, 0.1) is 11.4 Å². The van der Waals surface area contributed by atoms with Crippen LogP contribution >= 0.6 is 0 Å². The van der Waals surface area contributed by atoms with Crippen molar-refractivity contribution in [1.82, 2.24) is 35.0 Å². The molecule has 0 unspecified atom stereocenters. The average Bonchev–Trinajstić information content (AvgIpc) is 3.57. The van der Waals surface area contributed by atoms with Crippen molar-refractivity contribution in [2.24, 2.45) is 0 Å². The van der Waals surface area contributed by atoms with Gasteiger partial charge in [-0.05, 0) is 79.0 Å². The van der Waals surface area contributed by atoms with Crippen molar-refractivity contribution in [3.05, 3.63) is 78.6 Å². The minimum Gasteiger partial charge on any atom is -0.508 e. The Morgan fingerprint density at radius 1 is 0.872 bits per heavy atom. The third-order valence-electron chi connectivity index (χ3n) is 7.39. The van der Waals surface area contributed by atoms with E-state index in [2.05, 4.69) is 47.2 Å². The first kappa shape index (κ1) is 23.5. The van der Waals surface area contributed by atoms with Gasteiger partial charge in [0.25, 0.3) is 0 Å². The van der Waals surface area contributed by atoms with Crippen LogP contribution < -0.4 is 0 Å². The van der Waals surface area contributed by atoms with Crippen molar-refractivity contribution in [3.8, 4) is 39.4 Å². The van der Waals surface area contributed by atoms with Crippen LogP contribution in [0.3, 0.4) is 0 Å². The maximum absolute atomic E-state index is 14.0. The second-order valence-corrected chi connectivity index (χ2v) is 10.1. The SMILES string of the molecule is Oc1cc(F)cc(-c2ccnc3[nH]c(-c4[nH]nc5ncc(-c6cncc(CN7CCCCC7)c6)cc45)cc23)c1. The number of fused-ring (bicyclic) bond motifs is 2. The molecule has 9 heteroatoms. The third kappa shape index (κ3) is 4.51. The van der Waals surface area contributed by atoms with E-state index in [0.29, 0.717) is 16.9 Å². The fourth-order valence-corrected chi connectivity index (χ4v) is 5.51. The number of nitrogens with one attached hydrogen (secondary N) is 2. The van der Waals surface area contributed by atoms with E-state index in [1.807, 2.05) is 30.7 Å². The van der Waals surface area contributed by atoms with Crippen molar-refractivity contribution in [3.63, 3.8) is 0 Å². The summed E-state index contributed by atoms with van der Waals surface area (Å²) >= 11 is 0. The van der Waals surface area contributed by atoms with Gasteiger partial charge < -0.3 is 10.1 Å². The van der Waals surface area contributed by atoms with E-state index in [4.69, 9.17) is 0 Å². The number of aromatic nitrogens is 6. The normalized spacial score (nSPS) is 14.4. The molecule has 1 saturated heterocycles. The quantitative estimate of drug-likeness (QED) is 0.256. The minimum absolute atomic E-state index is 0.127. The van der Waals surface area contributed by atoms with E-state index in [1.54, 1.807) is 12.3 Å². The number of halogens is 1. The molecular formula is C30H26FN7O. The number of benzene rings is 1. The number of aromatic amines is 2. The molecule has 1 aromatic carbocycles. The molecule has 5 aromatic heterocycles. The van der Waals surface area contributed by atoms with Crippen LogP contribution in [0.2, 0.25) is 0 Å². The highest BCUT2D eigenvalue weighted by Crippen LogP contribution is 2.35. The summed E-state index contributed by atoms with van der Waals surface area (Å²) in [7, 11) is 0. The highest BCUT2D eigenvalue weighted by atomic mass is 19.1. The van der Waals surface area contributed by atoms with Crippen LogP contribution in [-0.2, 0) is 6.54 Å². The van der Waals surface area contributed by atoms with Crippen LogP contribution in [0.25, 0.3) is 55.7 Å². The maximum atomic E-state index is 14.0. The lowest BCUT2D eigenvalue weighted by molar-refractivity contribution is 0.220. The molecular weight excluding hydrogens is 493 g/mol. The van der Waals surface area contributed by atoms with E-state index >= 15 is 0 Å². The Labute approximate surface area is 223 Å². The number of rotatable bonds is 5. The molecule has 8 nitrogen and oxygen atoms in total. The van der Waals surface area contributed by atoms with Crippen molar-refractivity contribution >= 4 is 22.1 Å². The summed E-state index contributed by atoms with van der Waals surface area (Å²) < 4.78 is 14.0. The molecule has 1 aliphatic heterocycles. The number of nitrogens with zero attached hydrogens (tertiary/aromatic N) is 5. The van der Waals surface area contributed by atoms with Crippen LogP contribution in [0.5, 0.6) is 5.75 Å².